The molecule has 1 rings (SSSR count). The van der Waals surface area contributed by atoms with Crippen LogP contribution in [0.4, 0.5) is 13.2 Å². The lowest BCUT2D eigenvalue weighted by atomic mass is 10.0. The van der Waals surface area contributed by atoms with Crippen LogP contribution in [-0.2, 0) is 9.53 Å². The van der Waals surface area contributed by atoms with E-state index in [0.29, 0.717) is 24.0 Å². The van der Waals surface area contributed by atoms with Gasteiger partial charge in [0.15, 0.2) is 5.96 Å². The Morgan fingerprint density at radius 1 is 1.39 bits per heavy atom. The minimum atomic E-state index is -4.40. The molecule has 23 heavy (non-hydrogen) atoms. The van der Waals surface area contributed by atoms with Crippen molar-refractivity contribution in [3.63, 3.8) is 0 Å². The molecular formula is C13H24F3IN4O2. The van der Waals surface area contributed by atoms with Crippen molar-refractivity contribution in [2.75, 3.05) is 40.3 Å². The zero-order chi connectivity index (χ0) is 16.8. The van der Waals surface area contributed by atoms with Crippen LogP contribution in [0.3, 0.4) is 0 Å². The number of carbonyl (C=O) groups excluding carboxylic acids is 1. The van der Waals surface area contributed by atoms with Gasteiger partial charge in [0.25, 0.3) is 0 Å². The van der Waals surface area contributed by atoms with Crippen LogP contribution < -0.4 is 10.6 Å². The SMILES string of the molecule is CN=C(NCC(=O)N(C)CC(F)(F)F)NCC1(C)CCCO1.I. The first-order chi connectivity index (χ1) is 10.2. The zero-order valence-electron chi connectivity index (χ0n) is 13.5. The molecule has 1 aliphatic heterocycles. The second-order valence-corrected chi connectivity index (χ2v) is 5.55. The van der Waals surface area contributed by atoms with E-state index in [9.17, 15) is 18.0 Å². The maximum absolute atomic E-state index is 12.2. The summed E-state index contributed by atoms with van der Waals surface area (Å²) in [6.07, 6.45) is -2.49. The molecule has 1 fully saturated rings. The Balaban J connectivity index is 0.00000484. The molecule has 0 aromatic rings. The summed E-state index contributed by atoms with van der Waals surface area (Å²) in [5.41, 5.74) is -0.283. The van der Waals surface area contributed by atoms with Gasteiger partial charge in [-0.15, -0.1) is 24.0 Å². The number of nitrogens with one attached hydrogen (secondary N) is 2. The summed E-state index contributed by atoms with van der Waals surface area (Å²) in [6, 6.07) is 0. The number of halogens is 4. The minimum absolute atomic E-state index is 0. The second kappa shape index (κ2) is 9.50. The van der Waals surface area contributed by atoms with Crippen LogP contribution in [0.15, 0.2) is 4.99 Å². The Hall–Kier alpha value is -0.780. The van der Waals surface area contributed by atoms with Crippen molar-refractivity contribution in [2.45, 2.75) is 31.5 Å². The number of rotatable bonds is 5. The fraction of sp³-hybridized carbons (Fsp3) is 0.846. The second-order valence-electron chi connectivity index (χ2n) is 5.55. The van der Waals surface area contributed by atoms with Gasteiger partial charge in [-0.1, -0.05) is 0 Å². The summed E-state index contributed by atoms with van der Waals surface area (Å²) in [5, 5.41) is 5.72. The number of aliphatic imine (C=N–C) groups is 1. The average molecular weight is 452 g/mol. The smallest absolute Gasteiger partial charge is 0.373 e. The number of hydrogen-bond acceptors (Lipinski definition) is 3. The van der Waals surface area contributed by atoms with Crippen LogP contribution in [0.5, 0.6) is 0 Å². The molecular weight excluding hydrogens is 428 g/mol. The zero-order valence-corrected chi connectivity index (χ0v) is 15.8. The number of alkyl halides is 3. The molecule has 10 heteroatoms. The van der Waals surface area contributed by atoms with E-state index in [1.165, 1.54) is 7.05 Å². The van der Waals surface area contributed by atoms with Crippen molar-refractivity contribution in [2.24, 2.45) is 4.99 Å². The number of guanidine groups is 1. The van der Waals surface area contributed by atoms with Crippen LogP contribution in [0, 0.1) is 0 Å². The van der Waals surface area contributed by atoms with E-state index in [1.807, 2.05) is 6.92 Å². The number of nitrogens with zero attached hydrogens (tertiary/aromatic N) is 2. The molecule has 0 aromatic carbocycles. The van der Waals surface area contributed by atoms with Crippen molar-refractivity contribution in [1.29, 1.82) is 0 Å². The lowest BCUT2D eigenvalue weighted by Gasteiger charge is -2.25. The summed E-state index contributed by atoms with van der Waals surface area (Å²) >= 11 is 0. The quantitative estimate of drug-likeness (QED) is 0.376. The number of ether oxygens (including phenoxy) is 1. The fourth-order valence-corrected chi connectivity index (χ4v) is 2.12. The number of amides is 1. The molecule has 1 amide bonds. The average Bonchev–Trinajstić information content (AvgIpc) is 2.84. The van der Waals surface area contributed by atoms with Crippen molar-refractivity contribution in [1.82, 2.24) is 15.5 Å². The number of carbonyl (C=O) groups is 1. The van der Waals surface area contributed by atoms with Gasteiger partial charge in [0.05, 0.1) is 12.1 Å². The summed E-state index contributed by atoms with van der Waals surface area (Å²) in [7, 11) is 2.64. The van der Waals surface area contributed by atoms with Gasteiger partial charge in [0, 0.05) is 27.2 Å². The van der Waals surface area contributed by atoms with E-state index >= 15 is 0 Å². The summed E-state index contributed by atoms with van der Waals surface area (Å²) in [4.78, 5) is 16.2. The van der Waals surface area contributed by atoms with Crippen LogP contribution in [-0.4, -0.2) is 68.9 Å². The first-order valence-electron chi connectivity index (χ1n) is 7.04. The van der Waals surface area contributed by atoms with Crippen LogP contribution in [0.1, 0.15) is 19.8 Å². The van der Waals surface area contributed by atoms with E-state index in [-0.39, 0.29) is 36.1 Å². The van der Waals surface area contributed by atoms with E-state index < -0.39 is 18.6 Å². The highest BCUT2D eigenvalue weighted by Crippen LogP contribution is 2.23. The molecule has 0 radical (unpaired) electrons. The summed E-state index contributed by atoms with van der Waals surface area (Å²) < 4.78 is 42.2. The van der Waals surface area contributed by atoms with Gasteiger partial charge >= 0.3 is 6.18 Å². The molecule has 1 aliphatic rings. The maximum atomic E-state index is 12.2. The first-order valence-corrected chi connectivity index (χ1v) is 7.04. The van der Waals surface area contributed by atoms with Crippen LogP contribution >= 0.6 is 24.0 Å². The third-order valence-corrected chi connectivity index (χ3v) is 3.40. The predicted molar refractivity (Wildman–Crippen MR) is 92.1 cm³/mol. The molecule has 0 bridgehead atoms. The normalized spacial score (nSPS) is 21.6. The highest BCUT2D eigenvalue weighted by Gasteiger charge is 2.31. The number of likely N-dealkylation sites (N-methyl/N-ethyl adjacent to an activating group) is 1. The molecule has 0 aromatic heterocycles. The van der Waals surface area contributed by atoms with Gasteiger partial charge in [-0.3, -0.25) is 9.79 Å². The van der Waals surface area contributed by atoms with Gasteiger partial charge in [-0.05, 0) is 19.8 Å². The van der Waals surface area contributed by atoms with E-state index in [1.54, 1.807) is 0 Å². The van der Waals surface area contributed by atoms with Crippen LogP contribution in [0.25, 0.3) is 0 Å². The molecule has 2 N–H and O–H groups in total. The molecule has 1 saturated heterocycles. The fourth-order valence-electron chi connectivity index (χ4n) is 2.12. The molecule has 0 spiro atoms. The Kier molecular flexibility index (Phi) is 9.18. The molecule has 0 aliphatic carbocycles. The summed E-state index contributed by atoms with van der Waals surface area (Å²) in [5.74, 6) is -0.311. The molecule has 1 unspecified atom stereocenters. The minimum Gasteiger partial charge on any atom is -0.373 e. The van der Waals surface area contributed by atoms with Gasteiger partial charge in [0.2, 0.25) is 5.91 Å². The lowest BCUT2D eigenvalue weighted by molar-refractivity contribution is -0.157. The highest BCUT2D eigenvalue weighted by atomic mass is 127. The lowest BCUT2D eigenvalue weighted by Crippen LogP contribution is -2.48. The van der Waals surface area contributed by atoms with Gasteiger partial charge < -0.3 is 20.3 Å². The van der Waals surface area contributed by atoms with Crippen molar-refractivity contribution in [3.05, 3.63) is 0 Å². The Labute approximate surface area is 151 Å². The van der Waals surface area contributed by atoms with Gasteiger partial charge in [0.1, 0.15) is 6.54 Å². The molecule has 0 saturated carbocycles. The number of hydrogen-bond donors (Lipinski definition) is 2. The topological polar surface area (TPSA) is 66.0 Å². The van der Waals surface area contributed by atoms with E-state index in [0.717, 1.165) is 19.9 Å². The van der Waals surface area contributed by atoms with Crippen molar-refractivity contribution in [3.8, 4) is 0 Å². The van der Waals surface area contributed by atoms with Crippen molar-refractivity contribution < 1.29 is 22.7 Å². The largest absolute Gasteiger partial charge is 0.406 e. The first kappa shape index (κ1) is 22.2. The highest BCUT2D eigenvalue weighted by molar-refractivity contribution is 14.0. The third-order valence-electron chi connectivity index (χ3n) is 3.40. The van der Waals surface area contributed by atoms with E-state index in [2.05, 4.69) is 15.6 Å². The molecule has 1 atom stereocenters. The van der Waals surface area contributed by atoms with Crippen molar-refractivity contribution >= 4 is 35.8 Å². The Bertz CT molecular complexity index is 413. The third kappa shape index (κ3) is 8.58. The van der Waals surface area contributed by atoms with Gasteiger partial charge in [-0.2, -0.15) is 13.2 Å². The predicted octanol–water partition coefficient (Wildman–Crippen LogP) is 1.36. The molecule has 6 nitrogen and oxygen atoms in total. The Morgan fingerprint density at radius 3 is 2.52 bits per heavy atom. The summed E-state index contributed by atoms with van der Waals surface area (Å²) in [6.45, 7) is 1.67. The molecule has 1 heterocycles. The monoisotopic (exact) mass is 452 g/mol. The standard InChI is InChI=1S/C13H23F3N4O2.HI/c1-12(5-4-6-22-12)8-19-11(17-2)18-7-10(21)20(3)9-13(14,15)16;/h4-9H2,1-3H3,(H2,17,18,19);1H. The van der Waals surface area contributed by atoms with Gasteiger partial charge in [-0.25, -0.2) is 0 Å². The van der Waals surface area contributed by atoms with E-state index in [4.69, 9.17) is 4.74 Å². The molecule has 136 valence electrons. The maximum Gasteiger partial charge on any atom is 0.406 e. The van der Waals surface area contributed by atoms with Crippen LogP contribution in [0.2, 0.25) is 0 Å². The Morgan fingerprint density at radius 2 is 2.04 bits per heavy atom.